The van der Waals surface area contributed by atoms with E-state index < -0.39 is 5.97 Å². The maximum Gasteiger partial charge on any atom is 0.337 e. The van der Waals surface area contributed by atoms with Gasteiger partial charge in [0.25, 0.3) is 0 Å². The number of aromatic carboxylic acids is 1. The number of carboxylic acid groups (broad SMARTS) is 1. The van der Waals surface area contributed by atoms with Crippen molar-refractivity contribution in [3.8, 4) is 11.1 Å². The van der Waals surface area contributed by atoms with E-state index in [4.69, 9.17) is 0 Å². The van der Waals surface area contributed by atoms with Gasteiger partial charge in [0.15, 0.2) is 0 Å². The predicted molar refractivity (Wildman–Crippen MR) is 75.3 cm³/mol. The van der Waals surface area contributed by atoms with Gasteiger partial charge in [-0.15, -0.1) is 0 Å². The minimum absolute atomic E-state index is 0.223. The van der Waals surface area contributed by atoms with Gasteiger partial charge in [-0.2, -0.15) is 0 Å². The molecule has 20 heavy (non-hydrogen) atoms. The van der Waals surface area contributed by atoms with Crippen LogP contribution in [0.4, 0.5) is 4.39 Å². The van der Waals surface area contributed by atoms with Crippen molar-refractivity contribution < 1.29 is 14.3 Å². The molecule has 0 saturated heterocycles. The molecule has 3 rings (SSSR count). The van der Waals surface area contributed by atoms with Crippen molar-refractivity contribution in [3.05, 3.63) is 60.0 Å². The van der Waals surface area contributed by atoms with Crippen molar-refractivity contribution in [2.45, 2.75) is 0 Å². The molecule has 0 amide bonds. The summed E-state index contributed by atoms with van der Waals surface area (Å²) in [4.78, 5) is 11.3. The Balaban J connectivity index is 2.28. The second-order valence-corrected chi connectivity index (χ2v) is 4.67. The Kier molecular flexibility index (Phi) is 2.79. The standard InChI is InChI=1S/C16H12FNO2/c1-18-9-13(16(19)20)12-8-10(6-7-15(12)18)11-4-2-3-5-14(11)17/h2-9H,1H3,(H,19,20). The number of carboxylic acids is 1. The van der Waals surface area contributed by atoms with E-state index in [2.05, 4.69) is 0 Å². The Bertz CT molecular complexity index is 820. The van der Waals surface area contributed by atoms with Crippen molar-refractivity contribution in [1.29, 1.82) is 0 Å². The van der Waals surface area contributed by atoms with Gasteiger partial charge in [-0.3, -0.25) is 0 Å². The number of fused-ring (bicyclic) bond motifs is 1. The van der Waals surface area contributed by atoms with E-state index in [1.54, 1.807) is 48.1 Å². The molecule has 0 unspecified atom stereocenters. The number of hydrogen-bond acceptors (Lipinski definition) is 1. The lowest BCUT2D eigenvalue weighted by Gasteiger charge is -2.04. The van der Waals surface area contributed by atoms with Crippen LogP contribution in [-0.2, 0) is 7.05 Å². The van der Waals surface area contributed by atoms with E-state index in [0.29, 0.717) is 16.5 Å². The number of benzene rings is 2. The molecule has 100 valence electrons. The molecule has 1 aromatic heterocycles. The van der Waals surface area contributed by atoms with Crippen LogP contribution in [0.25, 0.3) is 22.0 Å². The first-order chi connectivity index (χ1) is 9.58. The molecule has 0 aliphatic rings. The summed E-state index contributed by atoms with van der Waals surface area (Å²) in [6, 6.07) is 11.8. The zero-order chi connectivity index (χ0) is 14.3. The second kappa shape index (κ2) is 4.49. The molecule has 0 fully saturated rings. The summed E-state index contributed by atoms with van der Waals surface area (Å²) in [7, 11) is 1.79. The Morgan fingerprint density at radius 3 is 2.65 bits per heavy atom. The average Bonchev–Trinajstić information content (AvgIpc) is 2.76. The third kappa shape index (κ3) is 1.86. The highest BCUT2D eigenvalue weighted by Gasteiger charge is 2.14. The molecule has 0 spiro atoms. The number of rotatable bonds is 2. The third-order valence-corrected chi connectivity index (χ3v) is 3.40. The molecule has 0 saturated carbocycles. The van der Waals surface area contributed by atoms with Crippen LogP contribution < -0.4 is 0 Å². The monoisotopic (exact) mass is 269 g/mol. The van der Waals surface area contributed by atoms with Crippen molar-refractivity contribution in [3.63, 3.8) is 0 Å². The van der Waals surface area contributed by atoms with Gasteiger partial charge in [0.05, 0.1) is 5.56 Å². The lowest BCUT2D eigenvalue weighted by Crippen LogP contribution is -1.94. The highest BCUT2D eigenvalue weighted by atomic mass is 19.1. The fraction of sp³-hybridized carbons (Fsp3) is 0.0625. The summed E-state index contributed by atoms with van der Waals surface area (Å²) in [6.45, 7) is 0. The summed E-state index contributed by atoms with van der Waals surface area (Å²) in [5.41, 5.74) is 2.17. The molecular weight excluding hydrogens is 257 g/mol. The zero-order valence-corrected chi connectivity index (χ0v) is 10.8. The quantitative estimate of drug-likeness (QED) is 0.771. The van der Waals surface area contributed by atoms with Crippen LogP contribution in [0.1, 0.15) is 10.4 Å². The molecule has 0 aliphatic heterocycles. The third-order valence-electron chi connectivity index (χ3n) is 3.40. The summed E-state index contributed by atoms with van der Waals surface area (Å²) in [6.07, 6.45) is 1.57. The smallest absolute Gasteiger partial charge is 0.337 e. The van der Waals surface area contributed by atoms with Crippen LogP contribution in [0.15, 0.2) is 48.7 Å². The molecular formula is C16H12FNO2. The molecule has 0 atom stereocenters. The van der Waals surface area contributed by atoms with E-state index in [1.807, 2.05) is 6.07 Å². The van der Waals surface area contributed by atoms with Crippen LogP contribution in [0.5, 0.6) is 0 Å². The van der Waals surface area contributed by atoms with Crippen LogP contribution in [0.3, 0.4) is 0 Å². The largest absolute Gasteiger partial charge is 0.478 e. The Labute approximate surface area is 114 Å². The van der Waals surface area contributed by atoms with E-state index in [0.717, 1.165) is 5.52 Å². The number of hydrogen-bond donors (Lipinski definition) is 1. The number of nitrogens with zero attached hydrogens (tertiary/aromatic N) is 1. The minimum Gasteiger partial charge on any atom is -0.478 e. The van der Waals surface area contributed by atoms with Crippen molar-refractivity contribution >= 4 is 16.9 Å². The molecule has 2 aromatic carbocycles. The van der Waals surface area contributed by atoms with Crippen LogP contribution in [0, 0.1) is 5.82 Å². The van der Waals surface area contributed by atoms with E-state index in [-0.39, 0.29) is 11.4 Å². The summed E-state index contributed by atoms with van der Waals surface area (Å²) in [5.74, 6) is -1.30. The van der Waals surface area contributed by atoms with Crippen molar-refractivity contribution in [1.82, 2.24) is 4.57 Å². The lowest BCUT2D eigenvalue weighted by atomic mass is 10.0. The lowest BCUT2D eigenvalue weighted by molar-refractivity contribution is 0.0699. The molecule has 3 aromatic rings. The highest BCUT2D eigenvalue weighted by Crippen LogP contribution is 2.29. The Morgan fingerprint density at radius 1 is 1.20 bits per heavy atom. The molecule has 4 heteroatoms. The predicted octanol–water partition coefficient (Wildman–Crippen LogP) is 3.68. The van der Waals surface area contributed by atoms with Crippen LogP contribution >= 0.6 is 0 Å². The first-order valence-electron chi connectivity index (χ1n) is 6.15. The van der Waals surface area contributed by atoms with Gasteiger partial charge in [0, 0.05) is 29.7 Å². The molecule has 1 heterocycles. The maximum atomic E-state index is 13.8. The zero-order valence-electron chi connectivity index (χ0n) is 10.8. The Morgan fingerprint density at radius 2 is 1.95 bits per heavy atom. The SMILES string of the molecule is Cn1cc(C(=O)O)c2cc(-c3ccccc3F)ccc21. The minimum atomic E-state index is -0.985. The normalized spacial score (nSPS) is 10.9. The number of aryl methyl sites for hydroxylation is 1. The van der Waals surface area contributed by atoms with Gasteiger partial charge < -0.3 is 9.67 Å². The number of halogens is 1. The fourth-order valence-corrected chi connectivity index (χ4v) is 2.43. The Hall–Kier alpha value is -2.62. The van der Waals surface area contributed by atoms with Crippen LogP contribution in [0.2, 0.25) is 0 Å². The van der Waals surface area contributed by atoms with Crippen molar-refractivity contribution in [2.24, 2.45) is 7.05 Å². The van der Waals surface area contributed by atoms with Gasteiger partial charge in [-0.1, -0.05) is 24.3 Å². The van der Waals surface area contributed by atoms with Gasteiger partial charge in [0.2, 0.25) is 0 Å². The first kappa shape index (κ1) is 12.4. The summed E-state index contributed by atoms with van der Waals surface area (Å²) in [5, 5.41) is 9.84. The van der Waals surface area contributed by atoms with Gasteiger partial charge in [0.1, 0.15) is 5.82 Å². The van der Waals surface area contributed by atoms with Crippen LogP contribution in [-0.4, -0.2) is 15.6 Å². The topological polar surface area (TPSA) is 42.2 Å². The van der Waals surface area contributed by atoms with E-state index in [9.17, 15) is 14.3 Å². The number of carbonyl (C=O) groups is 1. The van der Waals surface area contributed by atoms with Gasteiger partial charge in [-0.05, 0) is 23.8 Å². The molecule has 1 N–H and O–H groups in total. The molecule has 0 bridgehead atoms. The highest BCUT2D eigenvalue weighted by molar-refractivity contribution is 6.04. The average molecular weight is 269 g/mol. The first-order valence-corrected chi connectivity index (χ1v) is 6.15. The molecule has 0 radical (unpaired) electrons. The van der Waals surface area contributed by atoms with E-state index >= 15 is 0 Å². The van der Waals surface area contributed by atoms with E-state index in [1.165, 1.54) is 6.07 Å². The number of aromatic nitrogens is 1. The second-order valence-electron chi connectivity index (χ2n) is 4.67. The summed E-state index contributed by atoms with van der Waals surface area (Å²) >= 11 is 0. The van der Waals surface area contributed by atoms with Gasteiger partial charge in [-0.25, -0.2) is 9.18 Å². The maximum absolute atomic E-state index is 13.8. The summed E-state index contributed by atoms with van der Waals surface area (Å²) < 4.78 is 15.6. The molecule has 0 aliphatic carbocycles. The van der Waals surface area contributed by atoms with Gasteiger partial charge >= 0.3 is 5.97 Å². The molecule has 3 nitrogen and oxygen atoms in total. The fourth-order valence-electron chi connectivity index (χ4n) is 2.43. The van der Waals surface area contributed by atoms with Crippen molar-refractivity contribution in [2.75, 3.05) is 0 Å².